The van der Waals surface area contributed by atoms with E-state index in [2.05, 4.69) is 23.5 Å². The molecule has 0 aliphatic heterocycles. The molecule has 0 bridgehead atoms. The van der Waals surface area contributed by atoms with Gasteiger partial charge in [0.05, 0.1) is 0 Å². The molecule has 0 saturated carbocycles. The molecule has 1 rings (SSSR count). The summed E-state index contributed by atoms with van der Waals surface area (Å²) in [6, 6.07) is 0. The van der Waals surface area contributed by atoms with Crippen molar-refractivity contribution in [1.82, 2.24) is 9.72 Å². The summed E-state index contributed by atoms with van der Waals surface area (Å²) in [5.74, 6) is 0.481. The highest BCUT2D eigenvalue weighted by Gasteiger charge is 2.08. The van der Waals surface area contributed by atoms with Crippen molar-refractivity contribution in [3.63, 3.8) is 0 Å². The van der Waals surface area contributed by atoms with Gasteiger partial charge in [0.15, 0.2) is 5.82 Å². The first-order chi connectivity index (χ1) is 6.79. The summed E-state index contributed by atoms with van der Waals surface area (Å²) in [5.41, 5.74) is 0. The minimum Gasteiger partial charge on any atom is -0.296 e. The van der Waals surface area contributed by atoms with E-state index in [1.165, 1.54) is 0 Å². The molecule has 0 aliphatic carbocycles. The molecule has 1 aromatic rings. The van der Waals surface area contributed by atoms with E-state index in [-0.39, 0.29) is 5.76 Å². The maximum Gasteiger partial charge on any atom is 0.441 e. The molecule has 1 aromatic heterocycles. The number of rotatable bonds is 6. The normalized spacial score (nSPS) is 10.7. The Kier molecular flexibility index (Phi) is 4.43. The van der Waals surface area contributed by atoms with Gasteiger partial charge in [-0.15, -0.1) is 0 Å². The summed E-state index contributed by atoms with van der Waals surface area (Å²) >= 11 is 0. The van der Waals surface area contributed by atoms with Crippen molar-refractivity contribution in [2.45, 2.75) is 52.5 Å². The molecule has 0 aromatic carbocycles. The van der Waals surface area contributed by atoms with Crippen LogP contribution in [-0.2, 0) is 13.0 Å². The van der Waals surface area contributed by atoms with Crippen LogP contribution in [0.3, 0.4) is 0 Å². The number of aromatic nitrogens is 2. The molecular weight excluding hydrogens is 180 g/mol. The Morgan fingerprint density at radius 3 is 2.64 bits per heavy atom. The predicted octanol–water partition coefficient (Wildman–Crippen LogP) is 1.98. The lowest BCUT2D eigenvalue weighted by atomic mass is 10.2. The SMILES string of the molecule is CCCCc1noc(=O)n1CCCC. The minimum absolute atomic E-state index is 0.315. The Balaban J connectivity index is 2.67. The fourth-order valence-corrected chi connectivity index (χ4v) is 1.35. The second-order valence-corrected chi connectivity index (χ2v) is 3.47. The van der Waals surface area contributed by atoms with E-state index in [9.17, 15) is 4.79 Å². The molecule has 80 valence electrons. The number of aryl methyl sites for hydroxylation is 1. The van der Waals surface area contributed by atoms with E-state index in [1.807, 2.05) is 0 Å². The molecule has 0 N–H and O–H groups in total. The topological polar surface area (TPSA) is 48.0 Å². The maximum absolute atomic E-state index is 11.2. The summed E-state index contributed by atoms with van der Waals surface area (Å²) in [4.78, 5) is 11.2. The monoisotopic (exact) mass is 198 g/mol. The molecule has 14 heavy (non-hydrogen) atoms. The Hall–Kier alpha value is -1.06. The van der Waals surface area contributed by atoms with Gasteiger partial charge in [0, 0.05) is 13.0 Å². The zero-order valence-electron chi connectivity index (χ0n) is 8.95. The lowest BCUT2D eigenvalue weighted by Gasteiger charge is -2.01. The van der Waals surface area contributed by atoms with Crippen LogP contribution in [0.2, 0.25) is 0 Å². The molecule has 0 atom stereocenters. The third kappa shape index (κ3) is 2.72. The molecule has 0 unspecified atom stereocenters. The van der Waals surface area contributed by atoms with E-state index < -0.39 is 0 Å². The molecule has 0 saturated heterocycles. The Bertz CT molecular complexity index is 314. The van der Waals surface area contributed by atoms with Gasteiger partial charge in [0.2, 0.25) is 0 Å². The van der Waals surface area contributed by atoms with Crippen molar-refractivity contribution in [1.29, 1.82) is 0 Å². The summed E-state index contributed by atoms with van der Waals surface area (Å²) in [5, 5.41) is 3.78. The molecule has 0 aliphatic rings. The summed E-state index contributed by atoms with van der Waals surface area (Å²) in [6.45, 7) is 4.96. The van der Waals surface area contributed by atoms with Crippen LogP contribution in [0.1, 0.15) is 45.4 Å². The Labute approximate surface area is 83.9 Å². The van der Waals surface area contributed by atoms with Crippen molar-refractivity contribution in [3.05, 3.63) is 16.4 Å². The van der Waals surface area contributed by atoms with Crippen LogP contribution in [0.25, 0.3) is 0 Å². The zero-order chi connectivity index (χ0) is 10.4. The minimum atomic E-state index is -0.315. The molecule has 0 amide bonds. The fourth-order valence-electron chi connectivity index (χ4n) is 1.35. The third-order valence-electron chi connectivity index (χ3n) is 2.25. The summed E-state index contributed by atoms with van der Waals surface area (Å²) in [6.07, 6.45) is 5.07. The fraction of sp³-hybridized carbons (Fsp3) is 0.800. The first kappa shape index (κ1) is 11.0. The van der Waals surface area contributed by atoms with Gasteiger partial charge in [-0.3, -0.25) is 9.09 Å². The van der Waals surface area contributed by atoms with E-state index in [1.54, 1.807) is 4.57 Å². The van der Waals surface area contributed by atoms with Gasteiger partial charge in [-0.2, -0.15) is 0 Å². The van der Waals surface area contributed by atoms with Crippen LogP contribution in [0.4, 0.5) is 0 Å². The standard InChI is InChI=1S/C10H18N2O2/c1-3-5-7-9-11-14-10(13)12(9)8-6-4-2/h3-8H2,1-2H3. The first-order valence-corrected chi connectivity index (χ1v) is 5.35. The van der Waals surface area contributed by atoms with Crippen molar-refractivity contribution < 1.29 is 4.52 Å². The van der Waals surface area contributed by atoms with Crippen LogP contribution < -0.4 is 5.76 Å². The van der Waals surface area contributed by atoms with E-state index >= 15 is 0 Å². The summed E-state index contributed by atoms with van der Waals surface area (Å²) < 4.78 is 6.30. The molecule has 0 fully saturated rings. The number of nitrogens with zero attached hydrogens (tertiary/aromatic N) is 2. The van der Waals surface area contributed by atoms with Crippen molar-refractivity contribution in [2.24, 2.45) is 0 Å². The van der Waals surface area contributed by atoms with Crippen LogP contribution >= 0.6 is 0 Å². The van der Waals surface area contributed by atoms with Gasteiger partial charge in [-0.25, -0.2) is 4.79 Å². The highest BCUT2D eigenvalue weighted by atomic mass is 16.5. The molecule has 0 radical (unpaired) electrons. The average Bonchev–Trinajstić information content (AvgIpc) is 2.53. The zero-order valence-corrected chi connectivity index (χ0v) is 8.95. The Morgan fingerprint density at radius 1 is 1.29 bits per heavy atom. The maximum atomic E-state index is 11.2. The first-order valence-electron chi connectivity index (χ1n) is 5.35. The van der Waals surface area contributed by atoms with Gasteiger partial charge in [0.25, 0.3) is 0 Å². The molecular formula is C10H18N2O2. The molecule has 0 spiro atoms. The van der Waals surface area contributed by atoms with Crippen molar-refractivity contribution in [2.75, 3.05) is 0 Å². The van der Waals surface area contributed by atoms with Crippen molar-refractivity contribution >= 4 is 0 Å². The van der Waals surface area contributed by atoms with Gasteiger partial charge >= 0.3 is 5.76 Å². The summed E-state index contributed by atoms with van der Waals surface area (Å²) in [7, 11) is 0. The van der Waals surface area contributed by atoms with E-state index in [0.29, 0.717) is 0 Å². The third-order valence-corrected chi connectivity index (χ3v) is 2.25. The quantitative estimate of drug-likeness (QED) is 0.702. The van der Waals surface area contributed by atoms with E-state index in [0.717, 1.165) is 44.5 Å². The lowest BCUT2D eigenvalue weighted by Crippen LogP contribution is -2.17. The largest absolute Gasteiger partial charge is 0.441 e. The van der Waals surface area contributed by atoms with Crippen LogP contribution in [-0.4, -0.2) is 9.72 Å². The second kappa shape index (κ2) is 5.62. The van der Waals surface area contributed by atoms with Crippen LogP contribution in [0, 0.1) is 0 Å². The lowest BCUT2D eigenvalue weighted by molar-refractivity contribution is 0.371. The second-order valence-electron chi connectivity index (χ2n) is 3.47. The van der Waals surface area contributed by atoms with Crippen LogP contribution in [0.15, 0.2) is 9.32 Å². The number of hydrogen-bond donors (Lipinski definition) is 0. The molecule has 4 heteroatoms. The van der Waals surface area contributed by atoms with Crippen LogP contribution in [0.5, 0.6) is 0 Å². The number of unbranched alkanes of at least 4 members (excludes halogenated alkanes) is 2. The number of hydrogen-bond acceptors (Lipinski definition) is 3. The highest BCUT2D eigenvalue weighted by molar-refractivity contribution is 4.83. The Morgan fingerprint density at radius 2 is 2.00 bits per heavy atom. The van der Waals surface area contributed by atoms with E-state index in [4.69, 9.17) is 0 Å². The van der Waals surface area contributed by atoms with Gasteiger partial charge < -0.3 is 0 Å². The smallest absolute Gasteiger partial charge is 0.296 e. The molecule has 4 nitrogen and oxygen atoms in total. The predicted molar refractivity (Wildman–Crippen MR) is 54.3 cm³/mol. The van der Waals surface area contributed by atoms with Gasteiger partial charge in [-0.1, -0.05) is 31.8 Å². The van der Waals surface area contributed by atoms with Gasteiger partial charge in [-0.05, 0) is 12.8 Å². The molecule has 1 heterocycles. The highest BCUT2D eigenvalue weighted by Crippen LogP contribution is 2.02. The van der Waals surface area contributed by atoms with Gasteiger partial charge in [0.1, 0.15) is 0 Å². The average molecular weight is 198 g/mol. The van der Waals surface area contributed by atoms with Crippen molar-refractivity contribution in [3.8, 4) is 0 Å².